The molecule has 0 bridgehead atoms. The third-order valence-electron chi connectivity index (χ3n) is 3.98. The number of carbonyl (C=O) groups excluding carboxylic acids is 3. The summed E-state index contributed by atoms with van der Waals surface area (Å²) in [5, 5.41) is 4.35. The Kier molecular flexibility index (Phi) is 7.96. The van der Waals surface area contributed by atoms with Crippen molar-refractivity contribution in [3.8, 4) is 0 Å². The molecule has 12 heteroatoms. The van der Waals surface area contributed by atoms with Gasteiger partial charge in [0.1, 0.15) is 4.90 Å². The van der Waals surface area contributed by atoms with E-state index in [1.165, 1.54) is 23.4 Å². The van der Waals surface area contributed by atoms with E-state index in [1.54, 1.807) is 6.92 Å². The maximum atomic E-state index is 12.8. The average molecular weight is 448 g/mol. The van der Waals surface area contributed by atoms with E-state index in [9.17, 15) is 22.8 Å². The monoisotopic (exact) mass is 447 g/mol. The van der Waals surface area contributed by atoms with Gasteiger partial charge in [-0.2, -0.15) is 4.31 Å². The summed E-state index contributed by atoms with van der Waals surface area (Å²) in [4.78, 5) is 35.4. The first-order valence-corrected chi connectivity index (χ1v) is 10.7. The SMILES string of the molecule is CCNC(=O)NC(=O)C(C)OC(=O)c1ccc(Cl)c(S(=O)(=O)N2CCOCC2)c1. The van der Waals surface area contributed by atoms with E-state index >= 15 is 0 Å². The normalized spacial score (nSPS) is 16.0. The second-order valence-corrected chi connectivity index (χ2v) is 8.37. The third kappa shape index (κ3) is 5.89. The molecule has 2 rings (SSSR count). The van der Waals surface area contributed by atoms with Gasteiger partial charge in [0.25, 0.3) is 5.91 Å². The summed E-state index contributed by atoms with van der Waals surface area (Å²) in [6.45, 7) is 4.14. The van der Waals surface area contributed by atoms with Crippen LogP contribution in [-0.4, -0.2) is 69.6 Å². The predicted molar refractivity (Wildman–Crippen MR) is 103 cm³/mol. The van der Waals surface area contributed by atoms with Crippen LogP contribution in [-0.2, 0) is 24.3 Å². The molecule has 1 unspecified atom stereocenters. The molecule has 0 radical (unpaired) electrons. The van der Waals surface area contributed by atoms with Crippen LogP contribution >= 0.6 is 11.6 Å². The Bertz CT molecular complexity index is 885. The number of carbonyl (C=O) groups is 3. The molecular formula is C17H22ClN3O7S. The first-order valence-electron chi connectivity index (χ1n) is 8.84. The number of benzene rings is 1. The minimum absolute atomic E-state index is 0.0462. The van der Waals surface area contributed by atoms with Gasteiger partial charge in [0.2, 0.25) is 10.0 Å². The van der Waals surface area contributed by atoms with Crippen LogP contribution in [0.2, 0.25) is 5.02 Å². The van der Waals surface area contributed by atoms with Gasteiger partial charge in [-0.1, -0.05) is 11.6 Å². The lowest BCUT2D eigenvalue weighted by Gasteiger charge is -2.26. The van der Waals surface area contributed by atoms with Crippen LogP contribution in [0.1, 0.15) is 24.2 Å². The molecule has 3 amide bonds. The number of hydrogen-bond donors (Lipinski definition) is 2. The smallest absolute Gasteiger partial charge is 0.338 e. The molecule has 160 valence electrons. The Hall–Kier alpha value is -2.21. The van der Waals surface area contributed by atoms with Gasteiger partial charge in [-0.25, -0.2) is 18.0 Å². The van der Waals surface area contributed by atoms with Crippen LogP contribution in [0, 0.1) is 0 Å². The molecule has 10 nitrogen and oxygen atoms in total. The molecule has 1 heterocycles. The van der Waals surface area contributed by atoms with Crippen LogP contribution in [0.15, 0.2) is 23.1 Å². The fraction of sp³-hybridized carbons (Fsp3) is 0.471. The predicted octanol–water partition coefficient (Wildman–Crippen LogP) is 0.752. The van der Waals surface area contributed by atoms with Gasteiger partial charge >= 0.3 is 12.0 Å². The maximum absolute atomic E-state index is 12.8. The van der Waals surface area contributed by atoms with E-state index in [0.29, 0.717) is 6.54 Å². The zero-order valence-corrected chi connectivity index (χ0v) is 17.5. The van der Waals surface area contributed by atoms with Gasteiger partial charge in [-0.3, -0.25) is 10.1 Å². The van der Waals surface area contributed by atoms with Crippen LogP contribution < -0.4 is 10.6 Å². The summed E-state index contributed by atoms with van der Waals surface area (Å²) in [6.07, 6.45) is -1.28. The van der Waals surface area contributed by atoms with Crippen molar-refractivity contribution < 1.29 is 32.3 Å². The van der Waals surface area contributed by atoms with Crippen LogP contribution in [0.25, 0.3) is 0 Å². The van der Waals surface area contributed by atoms with Crippen molar-refractivity contribution >= 4 is 39.5 Å². The highest BCUT2D eigenvalue weighted by molar-refractivity contribution is 7.89. The molecule has 0 spiro atoms. The summed E-state index contributed by atoms with van der Waals surface area (Å²) in [5.74, 6) is -1.75. The van der Waals surface area contributed by atoms with Gasteiger partial charge in [0.15, 0.2) is 6.10 Å². The second-order valence-electron chi connectivity index (χ2n) is 6.06. The topological polar surface area (TPSA) is 131 Å². The number of halogens is 1. The molecule has 1 atom stereocenters. The van der Waals surface area contributed by atoms with Crippen LogP contribution in [0.3, 0.4) is 0 Å². The highest BCUT2D eigenvalue weighted by Crippen LogP contribution is 2.27. The van der Waals surface area contributed by atoms with Crippen molar-refractivity contribution in [3.63, 3.8) is 0 Å². The average Bonchev–Trinajstić information content (AvgIpc) is 2.68. The summed E-state index contributed by atoms with van der Waals surface area (Å²) in [5.41, 5.74) is -0.0982. The van der Waals surface area contributed by atoms with Crippen molar-refractivity contribution in [3.05, 3.63) is 28.8 Å². The Morgan fingerprint density at radius 1 is 1.28 bits per heavy atom. The number of sulfonamides is 1. The van der Waals surface area contributed by atoms with E-state index in [2.05, 4.69) is 5.32 Å². The van der Waals surface area contributed by atoms with E-state index in [4.69, 9.17) is 21.1 Å². The second kappa shape index (κ2) is 10.0. The summed E-state index contributed by atoms with van der Waals surface area (Å²) >= 11 is 6.05. The standard InChI is InChI=1S/C17H22ClN3O7S/c1-3-19-17(24)20-15(22)11(2)28-16(23)12-4-5-13(18)14(10-12)29(25,26)21-6-8-27-9-7-21/h4-5,10-11H,3,6-9H2,1-2H3,(H2,19,20,22,24). The van der Waals surface area contributed by atoms with E-state index in [-0.39, 0.29) is 41.8 Å². The molecule has 29 heavy (non-hydrogen) atoms. The van der Waals surface area contributed by atoms with Gasteiger partial charge in [0, 0.05) is 19.6 Å². The molecule has 1 saturated heterocycles. The van der Waals surface area contributed by atoms with Crippen LogP contribution in [0.4, 0.5) is 4.79 Å². The highest BCUT2D eigenvalue weighted by atomic mass is 35.5. The molecule has 1 aliphatic rings. The number of imide groups is 1. The molecule has 1 fully saturated rings. The summed E-state index contributed by atoms with van der Waals surface area (Å²) in [6, 6.07) is 2.94. The molecule has 2 N–H and O–H groups in total. The fourth-order valence-corrected chi connectivity index (χ4v) is 4.36. The minimum atomic E-state index is -3.93. The first-order chi connectivity index (χ1) is 13.7. The summed E-state index contributed by atoms with van der Waals surface area (Å²) in [7, 11) is -3.93. The lowest BCUT2D eigenvalue weighted by Crippen LogP contribution is -2.44. The van der Waals surface area contributed by atoms with Crippen molar-refractivity contribution in [1.82, 2.24) is 14.9 Å². The summed E-state index contributed by atoms with van der Waals surface area (Å²) < 4.78 is 37.0. The first kappa shape index (κ1) is 23.1. The number of amides is 3. The quantitative estimate of drug-likeness (QED) is 0.615. The van der Waals surface area contributed by atoms with Gasteiger partial charge in [-0.15, -0.1) is 0 Å². The Labute approximate surface area is 173 Å². The molecular weight excluding hydrogens is 426 g/mol. The van der Waals surface area contributed by atoms with Crippen molar-refractivity contribution in [2.75, 3.05) is 32.8 Å². The van der Waals surface area contributed by atoms with Crippen LogP contribution in [0.5, 0.6) is 0 Å². The van der Waals surface area contributed by atoms with Crippen molar-refractivity contribution in [2.45, 2.75) is 24.8 Å². The molecule has 0 aromatic heterocycles. The molecule has 1 aromatic rings. The fourth-order valence-electron chi connectivity index (χ4n) is 2.45. The number of ether oxygens (including phenoxy) is 2. The number of nitrogens with one attached hydrogen (secondary N) is 2. The number of esters is 1. The molecule has 0 saturated carbocycles. The number of hydrogen-bond acceptors (Lipinski definition) is 7. The number of nitrogens with zero attached hydrogens (tertiary/aromatic N) is 1. The number of morpholine rings is 1. The molecule has 1 aromatic carbocycles. The van der Waals surface area contributed by atoms with Gasteiger partial charge in [0.05, 0.1) is 23.8 Å². The highest BCUT2D eigenvalue weighted by Gasteiger charge is 2.30. The zero-order valence-electron chi connectivity index (χ0n) is 15.9. The maximum Gasteiger partial charge on any atom is 0.338 e. The Morgan fingerprint density at radius 3 is 2.55 bits per heavy atom. The van der Waals surface area contributed by atoms with Gasteiger partial charge < -0.3 is 14.8 Å². The Balaban J connectivity index is 2.14. The molecule has 1 aliphatic heterocycles. The lowest BCUT2D eigenvalue weighted by atomic mass is 10.2. The van der Waals surface area contributed by atoms with Gasteiger partial charge in [-0.05, 0) is 32.0 Å². The third-order valence-corrected chi connectivity index (χ3v) is 6.36. The van der Waals surface area contributed by atoms with E-state index < -0.39 is 34.0 Å². The van der Waals surface area contributed by atoms with E-state index in [0.717, 1.165) is 6.07 Å². The zero-order chi connectivity index (χ0) is 21.6. The van der Waals surface area contributed by atoms with E-state index in [1.807, 2.05) is 5.32 Å². The number of urea groups is 1. The van der Waals surface area contributed by atoms with Crippen molar-refractivity contribution in [1.29, 1.82) is 0 Å². The Morgan fingerprint density at radius 2 is 1.93 bits per heavy atom. The lowest BCUT2D eigenvalue weighted by molar-refractivity contribution is -0.127. The van der Waals surface area contributed by atoms with Crippen molar-refractivity contribution in [2.24, 2.45) is 0 Å². The molecule has 0 aliphatic carbocycles. The largest absolute Gasteiger partial charge is 0.449 e. The minimum Gasteiger partial charge on any atom is -0.449 e. The number of rotatable bonds is 6.